The van der Waals surface area contributed by atoms with Gasteiger partial charge in [0.2, 0.25) is 5.91 Å². The number of fused-ring (bicyclic) bond motifs is 1. The van der Waals surface area contributed by atoms with Crippen molar-refractivity contribution in [3.63, 3.8) is 0 Å². The lowest BCUT2D eigenvalue weighted by molar-refractivity contribution is -0.133. The highest BCUT2D eigenvalue weighted by molar-refractivity contribution is 7.10. The molecule has 2 heterocycles. The summed E-state index contributed by atoms with van der Waals surface area (Å²) in [7, 11) is 0. The number of nitrogens with zero attached hydrogens (tertiary/aromatic N) is 1. The number of nitrogens with one attached hydrogen (secondary N) is 2. The molecule has 0 spiro atoms. The molecule has 0 aromatic carbocycles. The molecule has 0 bridgehead atoms. The lowest BCUT2D eigenvalue weighted by Crippen LogP contribution is -2.51. The van der Waals surface area contributed by atoms with Gasteiger partial charge in [0, 0.05) is 18.0 Å². The lowest BCUT2D eigenvalue weighted by atomic mass is 9.94. The third-order valence-corrected chi connectivity index (χ3v) is 5.74. The maximum absolute atomic E-state index is 12.4. The Morgan fingerprint density at radius 3 is 2.83 bits per heavy atom. The van der Waals surface area contributed by atoms with Crippen molar-refractivity contribution >= 4 is 23.3 Å². The van der Waals surface area contributed by atoms with E-state index in [0.717, 1.165) is 45.2 Å². The van der Waals surface area contributed by atoms with Gasteiger partial charge >= 0.3 is 6.03 Å². The predicted octanol–water partition coefficient (Wildman–Crippen LogP) is 2.83. The summed E-state index contributed by atoms with van der Waals surface area (Å²) in [4.78, 5) is 27.9. The van der Waals surface area contributed by atoms with Crippen LogP contribution in [0.25, 0.3) is 0 Å². The van der Waals surface area contributed by atoms with E-state index >= 15 is 0 Å². The van der Waals surface area contributed by atoms with Gasteiger partial charge in [-0.2, -0.15) is 0 Å². The highest BCUT2D eigenvalue weighted by atomic mass is 32.1. The Hall–Kier alpha value is -1.56. The van der Waals surface area contributed by atoms with Gasteiger partial charge in [-0.3, -0.25) is 4.79 Å². The van der Waals surface area contributed by atoms with E-state index in [1.807, 2.05) is 4.90 Å². The van der Waals surface area contributed by atoms with Gasteiger partial charge in [0.1, 0.15) is 6.04 Å². The number of aryl methyl sites for hydroxylation is 1. The van der Waals surface area contributed by atoms with Gasteiger partial charge in [0.25, 0.3) is 0 Å². The summed E-state index contributed by atoms with van der Waals surface area (Å²) >= 11 is 1.76. The van der Waals surface area contributed by atoms with Crippen LogP contribution in [0.4, 0.5) is 4.79 Å². The second-order valence-corrected chi connectivity index (χ2v) is 7.47. The van der Waals surface area contributed by atoms with Crippen LogP contribution in [-0.2, 0) is 11.2 Å². The van der Waals surface area contributed by atoms with E-state index in [1.165, 1.54) is 16.9 Å². The summed E-state index contributed by atoms with van der Waals surface area (Å²) in [6, 6.07) is 1.46. The molecule has 0 saturated carbocycles. The van der Waals surface area contributed by atoms with Gasteiger partial charge < -0.3 is 15.5 Å². The quantitative estimate of drug-likeness (QED) is 0.892. The fraction of sp³-hybridized carbons (Fsp3) is 0.647. The molecule has 1 aromatic rings. The number of carbonyl (C=O) groups is 2. The van der Waals surface area contributed by atoms with Crippen molar-refractivity contribution in [3.05, 3.63) is 21.9 Å². The number of piperidine rings is 1. The molecule has 5 nitrogen and oxygen atoms in total. The topological polar surface area (TPSA) is 61.4 Å². The maximum Gasteiger partial charge on any atom is 0.315 e. The number of urea groups is 1. The summed E-state index contributed by atoms with van der Waals surface area (Å²) in [6.45, 7) is 3.40. The molecule has 23 heavy (non-hydrogen) atoms. The minimum Gasteiger partial charge on any atom is -0.341 e. The Morgan fingerprint density at radius 1 is 1.26 bits per heavy atom. The van der Waals surface area contributed by atoms with E-state index in [1.54, 1.807) is 18.3 Å². The van der Waals surface area contributed by atoms with E-state index in [-0.39, 0.29) is 18.0 Å². The Morgan fingerprint density at radius 2 is 2.04 bits per heavy atom. The molecule has 3 rings (SSSR count). The lowest BCUT2D eigenvalue weighted by Gasteiger charge is -2.30. The minimum absolute atomic E-state index is 0.0275. The smallest absolute Gasteiger partial charge is 0.315 e. The van der Waals surface area contributed by atoms with Crippen LogP contribution >= 0.6 is 11.3 Å². The molecule has 6 heteroatoms. The average Bonchev–Trinajstić information content (AvgIpc) is 3.04. The standard InChI is InChI=1S/C17H25N3O2S/c1-12(16(21)20-9-3-2-4-10-20)18-17(22)19-14-6-5-7-15-13(14)8-11-23-15/h8,11-12,14H,2-7,9-10H2,1H3,(H2,18,19,22)/t12-,14+/m0/s1. The summed E-state index contributed by atoms with van der Waals surface area (Å²) in [5.74, 6) is 0.0275. The first-order chi connectivity index (χ1) is 11.1. The first-order valence-electron chi connectivity index (χ1n) is 8.57. The van der Waals surface area contributed by atoms with E-state index in [9.17, 15) is 9.59 Å². The van der Waals surface area contributed by atoms with Crippen molar-refractivity contribution in [2.45, 2.75) is 57.5 Å². The molecule has 1 saturated heterocycles. The van der Waals surface area contributed by atoms with Gasteiger partial charge in [-0.05, 0) is 62.5 Å². The number of hydrogen-bond acceptors (Lipinski definition) is 3. The number of hydrogen-bond donors (Lipinski definition) is 2. The first-order valence-corrected chi connectivity index (χ1v) is 9.45. The summed E-state index contributed by atoms with van der Waals surface area (Å²) < 4.78 is 0. The highest BCUT2D eigenvalue weighted by Crippen LogP contribution is 2.33. The zero-order chi connectivity index (χ0) is 16.2. The van der Waals surface area contributed by atoms with Gasteiger partial charge in [-0.15, -0.1) is 11.3 Å². The normalized spacial score (nSPS) is 22.1. The minimum atomic E-state index is -0.473. The summed E-state index contributed by atoms with van der Waals surface area (Å²) in [5.41, 5.74) is 1.24. The molecule has 3 amide bonds. The predicted molar refractivity (Wildman–Crippen MR) is 91.6 cm³/mol. The van der Waals surface area contributed by atoms with Crippen molar-refractivity contribution in [1.82, 2.24) is 15.5 Å². The summed E-state index contributed by atoms with van der Waals surface area (Å²) in [5, 5.41) is 7.93. The number of rotatable bonds is 3. The van der Waals surface area contributed by atoms with Crippen LogP contribution in [0.15, 0.2) is 11.4 Å². The van der Waals surface area contributed by atoms with E-state index < -0.39 is 6.04 Å². The van der Waals surface area contributed by atoms with Crippen LogP contribution in [0, 0.1) is 0 Å². The van der Waals surface area contributed by atoms with Crippen LogP contribution in [0.1, 0.15) is 55.5 Å². The number of thiophene rings is 1. The zero-order valence-corrected chi connectivity index (χ0v) is 14.5. The van der Waals surface area contributed by atoms with Crippen LogP contribution < -0.4 is 10.6 Å². The van der Waals surface area contributed by atoms with Crippen molar-refractivity contribution in [1.29, 1.82) is 0 Å². The fourth-order valence-corrected chi connectivity index (χ4v) is 4.47. The molecule has 126 valence electrons. The van der Waals surface area contributed by atoms with E-state index in [0.29, 0.717) is 0 Å². The van der Waals surface area contributed by atoms with Gasteiger partial charge in [0.05, 0.1) is 6.04 Å². The van der Waals surface area contributed by atoms with Crippen molar-refractivity contribution in [2.75, 3.05) is 13.1 Å². The number of amides is 3. The third kappa shape index (κ3) is 3.86. The van der Waals surface area contributed by atoms with Gasteiger partial charge in [-0.25, -0.2) is 4.79 Å². The molecule has 2 N–H and O–H groups in total. The molecule has 1 aliphatic carbocycles. The van der Waals surface area contributed by atoms with Crippen molar-refractivity contribution in [3.8, 4) is 0 Å². The highest BCUT2D eigenvalue weighted by Gasteiger charge is 2.26. The Balaban J connectivity index is 1.52. The van der Waals surface area contributed by atoms with Gasteiger partial charge in [-0.1, -0.05) is 0 Å². The molecule has 2 atom stereocenters. The van der Waals surface area contributed by atoms with Gasteiger partial charge in [0.15, 0.2) is 0 Å². The SMILES string of the molecule is C[C@H](NC(=O)N[C@@H]1CCCc2sccc21)C(=O)N1CCCCC1. The van der Waals surface area contributed by atoms with Crippen molar-refractivity contribution in [2.24, 2.45) is 0 Å². The molecule has 2 aliphatic rings. The molecule has 1 aliphatic heterocycles. The van der Waals surface area contributed by atoms with E-state index in [2.05, 4.69) is 22.1 Å². The first kappa shape index (κ1) is 16.3. The fourth-order valence-electron chi connectivity index (χ4n) is 3.48. The molecular weight excluding hydrogens is 310 g/mol. The van der Waals surface area contributed by atoms with Crippen LogP contribution in [0.2, 0.25) is 0 Å². The molecular formula is C17H25N3O2S. The monoisotopic (exact) mass is 335 g/mol. The maximum atomic E-state index is 12.4. The van der Waals surface area contributed by atoms with E-state index in [4.69, 9.17) is 0 Å². The largest absolute Gasteiger partial charge is 0.341 e. The molecule has 1 aromatic heterocycles. The van der Waals surface area contributed by atoms with Crippen LogP contribution in [0.5, 0.6) is 0 Å². The molecule has 1 fully saturated rings. The summed E-state index contributed by atoms with van der Waals surface area (Å²) in [6.07, 6.45) is 6.49. The Labute approximate surface area is 141 Å². The Bertz CT molecular complexity index is 566. The third-order valence-electron chi connectivity index (χ3n) is 4.74. The second-order valence-electron chi connectivity index (χ2n) is 6.47. The second kappa shape index (κ2) is 7.34. The molecule has 0 unspecified atom stereocenters. The number of carbonyl (C=O) groups excluding carboxylic acids is 2. The average molecular weight is 335 g/mol. The number of likely N-dealkylation sites (tertiary alicyclic amines) is 1. The van der Waals surface area contributed by atoms with Crippen LogP contribution in [-0.4, -0.2) is 36.0 Å². The van der Waals surface area contributed by atoms with Crippen molar-refractivity contribution < 1.29 is 9.59 Å². The Kier molecular flexibility index (Phi) is 5.20. The molecule has 0 radical (unpaired) electrons. The zero-order valence-electron chi connectivity index (χ0n) is 13.6. The van der Waals surface area contributed by atoms with Crippen LogP contribution in [0.3, 0.4) is 0 Å².